The predicted molar refractivity (Wildman–Crippen MR) is 110 cm³/mol. The van der Waals surface area contributed by atoms with E-state index in [4.69, 9.17) is 0 Å². The molecule has 0 radical (unpaired) electrons. The minimum Gasteiger partial charge on any atom is -0.381 e. The van der Waals surface area contributed by atoms with Crippen LogP contribution in [0.15, 0.2) is 46.1 Å². The summed E-state index contributed by atoms with van der Waals surface area (Å²) in [6.45, 7) is 0.453. The van der Waals surface area contributed by atoms with Crippen molar-refractivity contribution < 1.29 is 21.6 Å². The molecule has 6 nitrogen and oxygen atoms in total. The number of halogens is 3. The lowest BCUT2D eigenvalue weighted by Crippen LogP contribution is -2.17. The van der Waals surface area contributed by atoms with Gasteiger partial charge in [0.25, 0.3) is 10.0 Å². The van der Waals surface area contributed by atoms with Crippen molar-refractivity contribution in [1.82, 2.24) is 9.88 Å². The van der Waals surface area contributed by atoms with Crippen LogP contribution in [0.1, 0.15) is 11.1 Å². The van der Waals surface area contributed by atoms with Crippen LogP contribution >= 0.6 is 11.3 Å². The maximum atomic E-state index is 14.5. The fourth-order valence-electron chi connectivity index (χ4n) is 2.85. The van der Waals surface area contributed by atoms with E-state index in [0.29, 0.717) is 12.1 Å². The summed E-state index contributed by atoms with van der Waals surface area (Å²) in [4.78, 5) is 4.49. The molecule has 2 N–H and O–H groups in total. The summed E-state index contributed by atoms with van der Waals surface area (Å²) in [5, 5.41) is 4.15. The van der Waals surface area contributed by atoms with Crippen LogP contribution < -0.4 is 10.0 Å². The summed E-state index contributed by atoms with van der Waals surface area (Å²) >= 11 is 1.13. The largest absolute Gasteiger partial charge is 0.381 e. The summed E-state index contributed by atoms with van der Waals surface area (Å²) in [6.07, 6.45) is 0. The highest BCUT2D eigenvalue weighted by molar-refractivity contribution is 7.92. The van der Waals surface area contributed by atoms with Crippen molar-refractivity contribution in [3.63, 3.8) is 0 Å². The molecule has 3 aromatic rings. The van der Waals surface area contributed by atoms with E-state index in [1.165, 1.54) is 17.0 Å². The Morgan fingerprint density at radius 1 is 1.10 bits per heavy atom. The summed E-state index contributed by atoms with van der Waals surface area (Å²) in [6, 6.07) is 6.36. The molecule has 0 atom stereocenters. The van der Waals surface area contributed by atoms with E-state index in [-0.39, 0.29) is 18.1 Å². The van der Waals surface area contributed by atoms with Gasteiger partial charge >= 0.3 is 0 Å². The third kappa shape index (κ3) is 5.10. The molecule has 0 unspecified atom stereocenters. The number of hydrogen-bond donors (Lipinski definition) is 2. The molecular formula is C19H19F3N4O2S2. The van der Waals surface area contributed by atoms with Crippen molar-refractivity contribution in [3.05, 3.63) is 69.8 Å². The number of nitrogens with zero attached hydrogens (tertiary/aromatic N) is 2. The van der Waals surface area contributed by atoms with Crippen LogP contribution in [0.4, 0.5) is 24.7 Å². The zero-order valence-electron chi connectivity index (χ0n) is 16.1. The minimum atomic E-state index is -4.50. The highest BCUT2D eigenvalue weighted by Gasteiger charge is 2.25. The second-order valence-corrected chi connectivity index (χ2v) is 9.05. The quantitative estimate of drug-likeness (QED) is 0.535. The lowest BCUT2D eigenvalue weighted by atomic mass is 10.1. The van der Waals surface area contributed by atoms with Crippen molar-refractivity contribution in [2.45, 2.75) is 18.0 Å². The van der Waals surface area contributed by atoms with Crippen LogP contribution in [0.2, 0.25) is 0 Å². The molecule has 0 fully saturated rings. The van der Waals surface area contributed by atoms with Gasteiger partial charge in [0, 0.05) is 29.7 Å². The molecule has 1 aromatic heterocycles. The van der Waals surface area contributed by atoms with Crippen LogP contribution in [0, 0.1) is 17.5 Å². The summed E-state index contributed by atoms with van der Waals surface area (Å²) in [7, 11) is -0.827. The maximum Gasteiger partial charge on any atom is 0.268 e. The Morgan fingerprint density at radius 2 is 1.80 bits per heavy atom. The molecule has 0 aliphatic heterocycles. The topological polar surface area (TPSA) is 74.3 Å². The van der Waals surface area contributed by atoms with Gasteiger partial charge in [-0.05, 0) is 37.9 Å². The number of thiazole rings is 1. The first-order chi connectivity index (χ1) is 14.2. The first kappa shape index (κ1) is 22.1. The Kier molecular flexibility index (Phi) is 6.64. The van der Waals surface area contributed by atoms with Gasteiger partial charge in [-0.1, -0.05) is 12.1 Å². The van der Waals surface area contributed by atoms with E-state index in [0.717, 1.165) is 29.0 Å². The average molecular weight is 457 g/mol. The van der Waals surface area contributed by atoms with Crippen LogP contribution in [0.25, 0.3) is 0 Å². The zero-order chi connectivity index (χ0) is 21.9. The molecule has 0 amide bonds. The molecule has 11 heteroatoms. The standard InChI is InChI=1S/C19H19F3N4O2S2/c1-26(2)9-12-4-3-5-15(20)14(12)8-23-13-6-16(21)19(17(22)7-13)30(27,28)25-18-10-29-11-24-18/h3-7,10-11,23,25H,8-9H2,1-2H3. The van der Waals surface area contributed by atoms with Gasteiger partial charge in [0.15, 0.2) is 10.7 Å². The number of sulfonamides is 1. The number of aromatic nitrogens is 1. The maximum absolute atomic E-state index is 14.5. The van der Waals surface area contributed by atoms with E-state index in [2.05, 4.69) is 10.3 Å². The molecule has 30 heavy (non-hydrogen) atoms. The third-order valence-corrected chi connectivity index (χ3v) is 6.10. The Labute approximate surface area is 176 Å². The van der Waals surface area contributed by atoms with E-state index >= 15 is 0 Å². The molecular weight excluding hydrogens is 437 g/mol. The van der Waals surface area contributed by atoms with E-state index < -0.39 is 32.4 Å². The highest BCUT2D eigenvalue weighted by atomic mass is 32.2. The van der Waals surface area contributed by atoms with Crippen molar-refractivity contribution in [2.24, 2.45) is 0 Å². The van der Waals surface area contributed by atoms with Gasteiger partial charge in [-0.3, -0.25) is 4.72 Å². The minimum absolute atomic E-state index is 0.0170. The monoisotopic (exact) mass is 456 g/mol. The van der Waals surface area contributed by atoms with Gasteiger partial charge in [-0.2, -0.15) is 0 Å². The number of benzene rings is 2. The van der Waals surface area contributed by atoms with E-state index in [1.807, 2.05) is 23.7 Å². The van der Waals surface area contributed by atoms with Gasteiger partial charge < -0.3 is 10.2 Å². The zero-order valence-corrected chi connectivity index (χ0v) is 17.7. The summed E-state index contributed by atoms with van der Waals surface area (Å²) in [5.74, 6) is -3.03. The lowest BCUT2D eigenvalue weighted by Gasteiger charge is -2.16. The molecule has 0 bridgehead atoms. The van der Waals surface area contributed by atoms with Crippen LogP contribution in [0.3, 0.4) is 0 Å². The average Bonchev–Trinajstić information content (AvgIpc) is 3.12. The van der Waals surface area contributed by atoms with E-state index in [9.17, 15) is 21.6 Å². The molecule has 0 aliphatic rings. The third-order valence-electron chi connectivity index (χ3n) is 4.11. The molecule has 0 spiro atoms. The first-order valence-corrected chi connectivity index (χ1v) is 11.1. The molecule has 0 aliphatic carbocycles. The molecule has 0 saturated carbocycles. The normalized spacial score (nSPS) is 11.7. The number of anilines is 2. The van der Waals surface area contributed by atoms with Crippen molar-refractivity contribution in [2.75, 3.05) is 24.1 Å². The SMILES string of the molecule is CN(C)Cc1cccc(F)c1CNc1cc(F)c(S(=O)(=O)Nc2cscn2)c(F)c1. The Morgan fingerprint density at radius 3 is 2.40 bits per heavy atom. The van der Waals surface area contributed by atoms with Gasteiger partial charge in [-0.25, -0.2) is 26.6 Å². The van der Waals surface area contributed by atoms with Crippen molar-refractivity contribution in [3.8, 4) is 0 Å². The second kappa shape index (κ2) is 9.02. The fraction of sp³-hybridized carbons (Fsp3) is 0.211. The Balaban J connectivity index is 1.83. The van der Waals surface area contributed by atoms with Crippen LogP contribution in [0.5, 0.6) is 0 Å². The van der Waals surface area contributed by atoms with Crippen LogP contribution in [-0.4, -0.2) is 32.4 Å². The number of nitrogens with one attached hydrogen (secondary N) is 2. The lowest BCUT2D eigenvalue weighted by molar-refractivity contribution is 0.399. The molecule has 3 rings (SSSR count). The Bertz CT molecular complexity index is 1110. The fourth-order valence-corrected chi connectivity index (χ4v) is 4.53. The Hall–Kier alpha value is -2.63. The molecule has 160 valence electrons. The molecule has 2 aromatic carbocycles. The van der Waals surface area contributed by atoms with Gasteiger partial charge in [0.1, 0.15) is 17.5 Å². The number of rotatable bonds is 8. The van der Waals surface area contributed by atoms with Gasteiger partial charge in [0.2, 0.25) is 0 Å². The van der Waals surface area contributed by atoms with E-state index in [1.54, 1.807) is 12.1 Å². The van der Waals surface area contributed by atoms with Gasteiger partial charge in [0.05, 0.1) is 5.51 Å². The van der Waals surface area contributed by atoms with Crippen LogP contribution in [-0.2, 0) is 23.1 Å². The smallest absolute Gasteiger partial charge is 0.268 e. The van der Waals surface area contributed by atoms with Crippen molar-refractivity contribution in [1.29, 1.82) is 0 Å². The number of hydrogen-bond acceptors (Lipinski definition) is 6. The summed E-state index contributed by atoms with van der Waals surface area (Å²) in [5.41, 5.74) is 2.44. The predicted octanol–water partition coefficient (Wildman–Crippen LogP) is 4.03. The van der Waals surface area contributed by atoms with Gasteiger partial charge in [-0.15, -0.1) is 11.3 Å². The highest BCUT2D eigenvalue weighted by Crippen LogP contribution is 2.26. The molecule has 0 saturated heterocycles. The summed E-state index contributed by atoms with van der Waals surface area (Å²) < 4.78 is 69.9. The second-order valence-electron chi connectivity index (χ2n) is 6.72. The first-order valence-electron chi connectivity index (χ1n) is 8.72. The molecule has 1 heterocycles. The van der Waals surface area contributed by atoms with Crippen molar-refractivity contribution >= 4 is 32.9 Å².